The van der Waals surface area contributed by atoms with E-state index >= 15 is 0 Å². The van der Waals surface area contributed by atoms with Crippen LogP contribution in [0.5, 0.6) is 0 Å². The normalized spacial score (nSPS) is 19.8. The number of epoxide rings is 1. The third-order valence-electron chi connectivity index (χ3n) is 5.14. The molecule has 0 aromatic heterocycles. The summed E-state index contributed by atoms with van der Waals surface area (Å²) >= 11 is 0. The van der Waals surface area contributed by atoms with Crippen molar-refractivity contribution >= 4 is 0 Å². The number of ether oxygens (including phenoxy) is 4. The van der Waals surface area contributed by atoms with Crippen molar-refractivity contribution in [1.82, 2.24) is 0 Å². The monoisotopic (exact) mass is 358 g/mol. The molecular weight excluding hydrogens is 316 g/mol. The highest BCUT2D eigenvalue weighted by molar-refractivity contribution is 4.94. The molecule has 0 saturated carbocycles. The Labute approximate surface area is 155 Å². The zero-order valence-electron chi connectivity index (χ0n) is 17.4. The first kappa shape index (κ1) is 22.9. The molecular formula is C21H42O4. The lowest BCUT2D eigenvalue weighted by atomic mass is 9.85. The van der Waals surface area contributed by atoms with Gasteiger partial charge in [-0.15, -0.1) is 0 Å². The number of hydrogen-bond acceptors (Lipinski definition) is 4. The van der Waals surface area contributed by atoms with Gasteiger partial charge in [-0.25, -0.2) is 0 Å². The minimum atomic E-state index is -0.663. The molecule has 25 heavy (non-hydrogen) atoms. The van der Waals surface area contributed by atoms with E-state index in [1.54, 1.807) is 0 Å². The Morgan fingerprint density at radius 1 is 0.800 bits per heavy atom. The van der Waals surface area contributed by atoms with E-state index < -0.39 is 11.4 Å². The molecule has 2 unspecified atom stereocenters. The molecule has 1 aliphatic rings. The summed E-state index contributed by atoms with van der Waals surface area (Å²) in [6.07, 6.45) is 10.7. The summed E-state index contributed by atoms with van der Waals surface area (Å²) in [5, 5.41) is 0. The fourth-order valence-electron chi connectivity index (χ4n) is 3.61. The lowest BCUT2D eigenvalue weighted by Gasteiger charge is -2.47. The molecule has 0 radical (unpaired) electrons. The fourth-order valence-corrected chi connectivity index (χ4v) is 3.61. The largest absolute Gasteiger partial charge is 0.371 e. The molecule has 1 saturated heterocycles. The highest BCUT2D eigenvalue weighted by Gasteiger charge is 2.51. The molecule has 0 spiro atoms. The van der Waals surface area contributed by atoms with Gasteiger partial charge in [0.15, 0.2) is 5.79 Å². The van der Waals surface area contributed by atoms with Gasteiger partial charge in [0.2, 0.25) is 0 Å². The van der Waals surface area contributed by atoms with Gasteiger partial charge in [0.25, 0.3) is 0 Å². The first-order valence-corrected chi connectivity index (χ1v) is 10.6. The minimum Gasteiger partial charge on any atom is -0.371 e. The van der Waals surface area contributed by atoms with E-state index in [4.69, 9.17) is 18.9 Å². The van der Waals surface area contributed by atoms with Crippen LogP contribution in [0.25, 0.3) is 0 Å². The summed E-state index contributed by atoms with van der Waals surface area (Å²) < 4.78 is 24.3. The van der Waals surface area contributed by atoms with Crippen LogP contribution in [-0.2, 0) is 18.9 Å². The average Bonchev–Trinajstić information content (AvgIpc) is 3.41. The SMILES string of the molecule is CCCCCCCCC(C)(OCC1CO1)C(CCC)(OCC)OCC. The highest BCUT2D eigenvalue weighted by atomic mass is 16.7. The molecule has 1 aliphatic heterocycles. The molecule has 0 aromatic carbocycles. The standard InChI is InChI=1S/C21H42O4/c1-6-10-11-12-13-14-16-20(5,25-18-19-17-22-19)21(15-7-2,23-8-3)24-9-4/h19H,6-18H2,1-5H3. The van der Waals surface area contributed by atoms with Crippen LogP contribution in [0.1, 0.15) is 92.4 Å². The first-order valence-electron chi connectivity index (χ1n) is 10.6. The predicted molar refractivity (Wildman–Crippen MR) is 103 cm³/mol. The van der Waals surface area contributed by atoms with Gasteiger partial charge in [0.05, 0.1) is 13.2 Å². The van der Waals surface area contributed by atoms with E-state index in [-0.39, 0.29) is 6.10 Å². The molecule has 0 aromatic rings. The summed E-state index contributed by atoms with van der Waals surface area (Å²) in [5.74, 6) is -0.663. The average molecular weight is 359 g/mol. The van der Waals surface area contributed by atoms with E-state index in [0.717, 1.165) is 32.3 Å². The van der Waals surface area contributed by atoms with Crippen molar-refractivity contribution in [2.75, 3.05) is 26.4 Å². The molecule has 1 fully saturated rings. The van der Waals surface area contributed by atoms with Gasteiger partial charge in [0, 0.05) is 19.6 Å². The Morgan fingerprint density at radius 3 is 1.92 bits per heavy atom. The second-order valence-corrected chi connectivity index (χ2v) is 7.38. The van der Waals surface area contributed by atoms with Crippen molar-refractivity contribution in [3.8, 4) is 0 Å². The van der Waals surface area contributed by atoms with Gasteiger partial charge in [-0.1, -0.05) is 58.8 Å². The summed E-state index contributed by atoms with van der Waals surface area (Å²) in [4.78, 5) is 0. The summed E-state index contributed by atoms with van der Waals surface area (Å²) in [6, 6.07) is 0. The number of unbranched alkanes of at least 4 members (excludes halogenated alkanes) is 5. The second kappa shape index (κ2) is 12.3. The van der Waals surface area contributed by atoms with Crippen molar-refractivity contribution in [1.29, 1.82) is 0 Å². The zero-order valence-corrected chi connectivity index (χ0v) is 17.4. The van der Waals surface area contributed by atoms with E-state index in [0.29, 0.717) is 19.8 Å². The Bertz CT molecular complexity index is 313. The number of hydrogen-bond donors (Lipinski definition) is 0. The third kappa shape index (κ3) is 7.54. The van der Waals surface area contributed by atoms with Gasteiger partial charge in [-0.2, -0.15) is 0 Å². The fraction of sp³-hybridized carbons (Fsp3) is 1.00. The molecule has 0 amide bonds. The van der Waals surface area contributed by atoms with E-state index in [1.165, 1.54) is 32.1 Å². The van der Waals surface area contributed by atoms with Crippen molar-refractivity contribution in [2.45, 2.75) is 110 Å². The quantitative estimate of drug-likeness (QED) is 0.196. The van der Waals surface area contributed by atoms with Gasteiger partial charge in [-0.3, -0.25) is 0 Å². The smallest absolute Gasteiger partial charge is 0.197 e. The van der Waals surface area contributed by atoms with Gasteiger partial charge in [-0.05, 0) is 27.2 Å². The second-order valence-electron chi connectivity index (χ2n) is 7.38. The summed E-state index contributed by atoms with van der Waals surface area (Å²) in [6.45, 7) is 13.4. The van der Waals surface area contributed by atoms with E-state index in [2.05, 4.69) is 20.8 Å². The topological polar surface area (TPSA) is 40.2 Å². The van der Waals surface area contributed by atoms with Crippen LogP contribution in [0.2, 0.25) is 0 Å². The Kier molecular flexibility index (Phi) is 11.2. The lowest BCUT2D eigenvalue weighted by molar-refractivity contribution is -0.331. The van der Waals surface area contributed by atoms with Gasteiger partial charge in [0.1, 0.15) is 11.7 Å². The van der Waals surface area contributed by atoms with Crippen LogP contribution >= 0.6 is 0 Å². The Morgan fingerprint density at radius 2 is 1.40 bits per heavy atom. The van der Waals surface area contributed by atoms with Crippen LogP contribution in [0.15, 0.2) is 0 Å². The molecule has 4 nitrogen and oxygen atoms in total. The predicted octanol–water partition coefficient (Wildman–Crippen LogP) is 5.48. The Hall–Kier alpha value is -0.160. The van der Waals surface area contributed by atoms with Crippen LogP contribution in [-0.4, -0.2) is 43.9 Å². The maximum Gasteiger partial charge on any atom is 0.197 e. The van der Waals surface area contributed by atoms with Gasteiger partial charge >= 0.3 is 0 Å². The van der Waals surface area contributed by atoms with Crippen molar-refractivity contribution in [3.63, 3.8) is 0 Å². The van der Waals surface area contributed by atoms with Crippen molar-refractivity contribution in [3.05, 3.63) is 0 Å². The maximum absolute atomic E-state index is 6.43. The maximum atomic E-state index is 6.43. The van der Waals surface area contributed by atoms with Gasteiger partial charge < -0.3 is 18.9 Å². The van der Waals surface area contributed by atoms with Crippen molar-refractivity contribution < 1.29 is 18.9 Å². The summed E-state index contributed by atoms with van der Waals surface area (Å²) in [7, 11) is 0. The first-order chi connectivity index (χ1) is 12.1. The van der Waals surface area contributed by atoms with E-state index in [1.807, 2.05) is 13.8 Å². The summed E-state index contributed by atoms with van der Waals surface area (Å²) in [5.41, 5.74) is -0.439. The molecule has 4 heteroatoms. The lowest BCUT2D eigenvalue weighted by Crippen LogP contribution is -2.58. The molecule has 1 heterocycles. The van der Waals surface area contributed by atoms with Crippen LogP contribution in [0.4, 0.5) is 0 Å². The van der Waals surface area contributed by atoms with E-state index in [9.17, 15) is 0 Å². The molecule has 0 bridgehead atoms. The zero-order chi connectivity index (χ0) is 18.6. The van der Waals surface area contributed by atoms with Crippen LogP contribution < -0.4 is 0 Å². The molecule has 1 rings (SSSR count). The molecule has 0 N–H and O–H groups in total. The van der Waals surface area contributed by atoms with Crippen LogP contribution in [0, 0.1) is 0 Å². The molecule has 0 aliphatic carbocycles. The molecule has 150 valence electrons. The molecule has 2 atom stereocenters. The van der Waals surface area contributed by atoms with Crippen molar-refractivity contribution in [2.24, 2.45) is 0 Å². The minimum absolute atomic E-state index is 0.256. The van der Waals surface area contributed by atoms with Crippen LogP contribution in [0.3, 0.4) is 0 Å². The number of rotatable bonds is 17. The highest BCUT2D eigenvalue weighted by Crippen LogP contribution is 2.40. The third-order valence-corrected chi connectivity index (χ3v) is 5.14. The Balaban J connectivity index is 2.75.